The molecule has 174 valence electrons. The van der Waals surface area contributed by atoms with Crippen molar-refractivity contribution in [3.8, 4) is 5.75 Å². The quantitative estimate of drug-likeness (QED) is 0.746. The van der Waals surface area contributed by atoms with E-state index in [0.29, 0.717) is 6.42 Å². The molecule has 0 radical (unpaired) electrons. The number of nitrogens with zero attached hydrogens (tertiary/aromatic N) is 2. The summed E-state index contributed by atoms with van der Waals surface area (Å²) in [7, 11) is 1.34. The largest absolute Gasteiger partial charge is 0.492 e. The third kappa shape index (κ3) is 3.06. The molecule has 1 aromatic carbocycles. The molecule has 3 atom stereocenters. The smallest absolute Gasteiger partial charge is 0.329 e. The molecule has 2 N–H and O–H groups in total. The topological polar surface area (TPSA) is 87.6 Å². The fourth-order valence-electron chi connectivity index (χ4n) is 5.58. The van der Waals surface area contributed by atoms with Crippen LogP contribution in [0.15, 0.2) is 9.59 Å². The van der Waals surface area contributed by atoms with Gasteiger partial charge in [0.1, 0.15) is 17.3 Å². The number of hydrogen-bond acceptors (Lipinski definition) is 5. The molecule has 7 nitrogen and oxygen atoms in total. The number of aryl methyl sites for hydroxylation is 1. The number of ether oxygens (including phenoxy) is 1. The summed E-state index contributed by atoms with van der Waals surface area (Å²) in [6, 6.07) is -0.112. The molecule has 0 bridgehead atoms. The van der Waals surface area contributed by atoms with E-state index in [1.165, 1.54) is 18.6 Å². The molecule has 3 unspecified atom stereocenters. The molecular weight excluding hydrogens is 427 g/mol. The van der Waals surface area contributed by atoms with E-state index in [1.54, 1.807) is 4.90 Å². The third-order valence-corrected chi connectivity index (χ3v) is 7.33. The number of anilines is 1. The SMILES string of the molecule is COc1c(N2CC3CCCC(F)(F)C(O)C3C2)c(F)c(C)c2c(=O)[nH]c(=O)n(C3CC3)c12. The predicted octanol–water partition coefficient (Wildman–Crippen LogP) is 2.71. The minimum Gasteiger partial charge on any atom is -0.492 e. The molecule has 3 fully saturated rings. The highest BCUT2D eigenvalue weighted by Crippen LogP contribution is 2.48. The number of methoxy groups -OCH3 is 1. The van der Waals surface area contributed by atoms with Gasteiger partial charge in [-0.3, -0.25) is 14.3 Å². The molecule has 0 spiro atoms. The van der Waals surface area contributed by atoms with Crippen LogP contribution in [0.3, 0.4) is 0 Å². The van der Waals surface area contributed by atoms with Crippen molar-refractivity contribution in [3.63, 3.8) is 0 Å². The number of benzene rings is 1. The number of H-pyrrole nitrogens is 1. The summed E-state index contributed by atoms with van der Waals surface area (Å²) in [4.78, 5) is 29.1. The molecule has 0 amide bonds. The summed E-state index contributed by atoms with van der Waals surface area (Å²) in [5.74, 6) is -4.74. The van der Waals surface area contributed by atoms with Gasteiger partial charge in [-0.2, -0.15) is 0 Å². The molecule has 2 saturated carbocycles. The van der Waals surface area contributed by atoms with Crippen molar-refractivity contribution in [1.29, 1.82) is 0 Å². The minimum absolute atomic E-state index is 0.0382. The van der Waals surface area contributed by atoms with Crippen molar-refractivity contribution in [3.05, 3.63) is 32.2 Å². The summed E-state index contributed by atoms with van der Waals surface area (Å²) in [6.07, 6.45) is 0.145. The van der Waals surface area contributed by atoms with Crippen LogP contribution in [0.1, 0.15) is 43.7 Å². The lowest BCUT2D eigenvalue weighted by atomic mass is 9.89. The first-order valence-corrected chi connectivity index (χ1v) is 11.0. The van der Waals surface area contributed by atoms with E-state index >= 15 is 4.39 Å². The summed E-state index contributed by atoms with van der Waals surface area (Å²) >= 11 is 0. The zero-order valence-corrected chi connectivity index (χ0v) is 18.0. The van der Waals surface area contributed by atoms with Crippen LogP contribution in [0.25, 0.3) is 10.9 Å². The molecule has 2 aliphatic carbocycles. The summed E-state index contributed by atoms with van der Waals surface area (Å²) in [5, 5.41) is 10.4. The van der Waals surface area contributed by atoms with Gasteiger partial charge in [0.2, 0.25) is 0 Å². The number of fused-ring (bicyclic) bond motifs is 2. The van der Waals surface area contributed by atoms with Gasteiger partial charge in [-0.15, -0.1) is 0 Å². The van der Waals surface area contributed by atoms with Gasteiger partial charge >= 0.3 is 5.69 Å². The molecule has 5 rings (SSSR count). The first-order valence-electron chi connectivity index (χ1n) is 11.0. The fourth-order valence-corrected chi connectivity index (χ4v) is 5.58. The molecule has 32 heavy (non-hydrogen) atoms. The molecular formula is C22H26F3N3O4. The Morgan fingerprint density at radius 1 is 1.19 bits per heavy atom. The molecule has 2 aromatic rings. The van der Waals surface area contributed by atoms with Gasteiger partial charge in [0.15, 0.2) is 11.6 Å². The monoisotopic (exact) mass is 453 g/mol. The number of nitrogens with one attached hydrogen (secondary N) is 1. The highest BCUT2D eigenvalue weighted by molar-refractivity contribution is 5.93. The maximum absolute atomic E-state index is 15.7. The summed E-state index contributed by atoms with van der Waals surface area (Å²) < 4.78 is 51.4. The number of aromatic amines is 1. The summed E-state index contributed by atoms with van der Waals surface area (Å²) in [5.41, 5.74) is -0.910. The number of halogens is 3. The van der Waals surface area contributed by atoms with E-state index in [4.69, 9.17) is 4.74 Å². The second-order valence-electron chi connectivity index (χ2n) is 9.33. The van der Waals surface area contributed by atoms with Gasteiger partial charge < -0.3 is 14.7 Å². The van der Waals surface area contributed by atoms with E-state index in [-0.39, 0.29) is 65.8 Å². The van der Waals surface area contributed by atoms with Crippen LogP contribution in [0.2, 0.25) is 0 Å². The Kier molecular flexibility index (Phi) is 4.85. The first-order chi connectivity index (χ1) is 15.2. The van der Waals surface area contributed by atoms with Crippen molar-refractivity contribution in [1.82, 2.24) is 9.55 Å². The van der Waals surface area contributed by atoms with Crippen LogP contribution in [-0.4, -0.2) is 46.9 Å². The Hall–Kier alpha value is -2.49. The number of rotatable bonds is 3. The maximum atomic E-state index is 15.7. The predicted molar refractivity (Wildman–Crippen MR) is 112 cm³/mol. The van der Waals surface area contributed by atoms with Crippen LogP contribution in [-0.2, 0) is 0 Å². The zero-order valence-electron chi connectivity index (χ0n) is 18.0. The first kappa shape index (κ1) is 21.4. The standard InChI is InChI=1S/C22H26F3N3O4/c1-10-14-16(28(12-5-6-12)21(31)26-20(14)30)18(32-2)17(15(10)23)27-8-11-4-3-7-22(24,25)19(29)13(11)9-27/h11-13,19,29H,3-9H2,1-2H3,(H,26,30,31). The van der Waals surface area contributed by atoms with Crippen molar-refractivity contribution < 1.29 is 23.0 Å². The Bertz CT molecular complexity index is 1200. The van der Waals surface area contributed by atoms with E-state index in [2.05, 4.69) is 4.98 Å². The number of hydrogen-bond donors (Lipinski definition) is 2. The van der Waals surface area contributed by atoms with Crippen molar-refractivity contribution in [2.45, 2.75) is 57.1 Å². The number of aliphatic hydroxyl groups is 1. The molecule has 1 aliphatic heterocycles. The van der Waals surface area contributed by atoms with Gasteiger partial charge in [0, 0.05) is 37.0 Å². The van der Waals surface area contributed by atoms with Gasteiger partial charge in [0.05, 0.1) is 12.5 Å². The molecule has 1 aromatic heterocycles. The van der Waals surface area contributed by atoms with Gasteiger partial charge in [-0.1, -0.05) is 0 Å². The van der Waals surface area contributed by atoms with Crippen molar-refractivity contribution >= 4 is 16.6 Å². The molecule has 2 heterocycles. The van der Waals surface area contributed by atoms with Gasteiger partial charge in [-0.05, 0) is 38.5 Å². The van der Waals surface area contributed by atoms with Crippen LogP contribution in [0, 0.1) is 24.6 Å². The lowest BCUT2D eigenvalue weighted by Gasteiger charge is -2.28. The van der Waals surface area contributed by atoms with E-state index in [1.807, 2.05) is 0 Å². The number of aliphatic hydroxyl groups excluding tert-OH is 1. The number of alkyl halides is 2. The summed E-state index contributed by atoms with van der Waals surface area (Å²) in [6.45, 7) is 1.79. The Morgan fingerprint density at radius 3 is 2.56 bits per heavy atom. The van der Waals surface area contributed by atoms with Crippen LogP contribution >= 0.6 is 0 Å². The van der Waals surface area contributed by atoms with E-state index in [0.717, 1.165) is 12.8 Å². The normalized spacial score (nSPS) is 27.4. The number of aromatic nitrogens is 2. The Morgan fingerprint density at radius 2 is 1.91 bits per heavy atom. The van der Waals surface area contributed by atoms with Gasteiger partial charge in [0.25, 0.3) is 11.5 Å². The van der Waals surface area contributed by atoms with E-state index < -0.39 is 35.0 Å². The van der Waals surface area contributed by atoms with Crippen LogP contribution < -0.4 is 20.9 Å². The molecule has 10 heteroatoms. The maximum Gasteiger partial charge on any atom is 0.329 e. The van der Waals surface area contributed by atoms with Crippen LogP contribution in [0.5, 0.6) is 5.75 Å². The second-order valence-corrected chi connectivity index (χ2v) is 9.33. The highest BCUT2D eigenvalue weighted by atomic mass is 19.3. The van der Waals surface area contributed by atoms with Crippen molar-refractivity contribution in [2.24, 2.45) is 11.8 Å². The average Bonchev–Trinajstić information content (AvgIpc) is 3.49. The lowest BCUT2D eigenvalue weighted by molar-refractivity contribution is -0.130. The Labute approximate surface area is 181 Å². The Balaban J connectivity index is 1.70. The highest BCUT2D eigenvalue weighted by Gasteiger charge is 2.51. The van der Waals surface area contributed by atoms with Gasteiger partial charge in [-0.25, -0.2) is 18.0 Å². The van der Waals surface area contributed by atoms with Crippen LogP contribution in [0.4, 0.5) is 18.9 Å². The molecule has 1 saturated heterocycles. The average molecular weight is 453 g/mol. The van der Waals surface area contributed by atoms with Crippen molar-refractivity contribution in [2.75, 3.05) is 25.1 Å². The van der Waals surface area contributed by atoms with E-state index in [9.17, 15) is 23.5 Å². The molecule has 3 aliphatic rings. The third-order valence-electron chi connectivity index (χ3n) is 7.33. The minimum atomic E-state index is -3.18. The second kappa shape index (κ2) is 7.26. The fraction of sp³-hybridized carbons (Fsp3) is 0.636. The zero-order chi connectivity index (χ0) is 22.9. The lowest BCUT2D eigenvalue weighted by Crippen LogP contribution is -2.41.